The molecule has 3 aromatic rings. The third-order valence-corrected chi connectivity index (χ3v) is 7.46. The summed E-state index contributed by atoms with van der Waals surface area (Å²) in [7, 11) is -2.18. The maximum atomic E-state index is 12.5. The van der Waals surface area contributed by atoms with Crippen LogP contribution in [0.5, 0.6) is 5.75 Å². The van der Waals surface area contributed by atoms with E-state index in [0.717, 1.165) is 18.4 Å². The van der Waals surface area contributed by atoms with Crippen LogP contribution in [0, 0.1) is 0 Å². The standard InChI is InChI=1S/C19H18ClN3O5S2/c1-27-15-5-4-12(10-13(15)20)14-11-29-19(21-14)22-18(24)16-6-7-17(28-16)30(25,26)23-8-2-3-9-23/h4-7,10-11H,2-3,8-9H2,1H3,(H,21,22,24). The molecule has 8 nitrogen and oxygen atoms in total. The van der Waals surface area contributed by atoms with Crippen LogP contribution in [0.2, 0.25) is 5.02 Å². The second-order valence-electron chi connectivity index (χ2n) is 6.57. The molecule has 0 aliphatic carbocycles. The first-order valence-electron chi connectivity index (χ1n) is 9.09. The number of ether oxygens (including phenoxy) is 1. The molecule has 0 atom stereocenters. The summed E-state index contributed by atoms with van der Waals surface area (Å²) in [6, 6.07) is 7.92. The zero-order valence-corrected chi connectivity index (χ0v) is 18.3. The van der Waals surface area contributed by atoms with Gasteiger partial charge in [0.1, 0.15) is 5.75 Å². The molecule has 158 valence electrons. The SMILES string of the molecule is COc1ccc(-c2csc(NC(=O)c3ccc(S(=O)(=O)N4CCCC4)o3)n2)cc1Cl. The van der Waals surface area contributed by atoms with Crippen molar-refractivity contribution in [2.24, 2.45) is 0 Å². The predicted octanol–water partition coefficient (Wildman–Crippen LogP) is 4.10. The number of hydrogen-bond donors (Lipinski definition) is 1. The van der Waals surface area contributed by atoms with Crippen LogP contribution < -0.4 is 10.1 Å². The third kappa shape index (κ3) is 4.08. The van der Waals surface area contributed by atoms with Crippen molar-refractivity contribution >= 4 is 44.0 Å². The summed E-state index contributed by atoms with van der Waals surface area (Å²) in [6.45, 7) is 0.920. The van der Waals surface area contributed by atoms with Gasteiger partial charge in [0.15, 0.2) is 10.9 Å². The van der Waals surface area contributed by atoms with Crippen LogP contribution in [0.1, 0.15) is 23.4 Å². The number of furan rings is 1. The van der Waals surface area contributed by atoms with E-state index in [4.69, 9.17) is 20.8 Å². The maximum absolute atomic E-state index is 12.5. The van der Waals surface area contributed by atoms with Gasteiger partial charge in [-0.3, -0.25) is 10.1 Å². The largest absolute Gasteiger partial charge is 0.495 e. The number of methoxy groups -OCH3 is 1. The van der Waals surface area contributed by atoms with E-state index in [2.05, 4.69) is 10.3 Å². The zero-order valence-electron chi connectivity index (χ0n) is 15.9. The van der Waals surface area contributed by atoms with Gasteiger partial charge < -0.3 is 9.15 Å². The van der Waals surface area contributed by atoms with Crippen LogP contribution in [0.3, 0.4) is 0 Å². The fourth-order valence-electron chi connectivity index (χ4n) is 3.08. The first kappa shape index (κ1) is 20.9. The molecule has 0 saturated carbocycles. The summed E-state index contributed by atoms with van der Waals surface area (Å²) in [6.07, 6.45) is 1.64. The van der Waals surface area contributed by atoms with E-state index >= 15 is 0 Å². The second kappa shape index (κ2) is 8.38. The van der Waals surface area contributed by atoms with Crippen LogP contribution in [0.25, 0.3) is 11.3 Å². The van der Waals surface area contributed by atoms with Crippen molar-refractivity contribution in [3.05, 3.63) is 46.5 Å². The highest BCUT2D eigenvalue weighted by atomic mass is 35.5. The number of carbonyl (C=O) groups is 1. The maximum Gasteiger partial charge on any atom is 0.293 e. The minimum atomic E-state index is -3.72. The lowest BCUT2D eigenvalue weighted by atomic mass is 10.2. The second-order valence-corrected chi connectivity index (χ2v) is 9.71. The Morgan fingerprint density at radius 3 is 2.73 bits per heavy atom. The molecule has 11 heteroatoms. The molecule has 1 saturated heterocycles. The number of benzene rings is 1. The number of anilines is 1. The molecule has 0 radical (unpaired) electrons. The highest BCUT2D eigenvalue weighted by Gasteiger charge is 2.30. The molecule has 2 aromatic heterocycles. The lowest BCUT2D eigenvalue weighted by Crippen LogP contribution is -2.27. The van der Waals surface area contributed by atoms with E-state index in [9.17, 15) is 13.2 Å². The zero-order chi connectivity index (χ0) is 21.3. The molecule has 1 N–H and O–H groups in total. The van der Waals surface area contributed by atoms with Gasteiger partial charge in [0.2, 0.25) is 5.09 Å². The highest BCUT2D eigenvalue weighted by molar-refractivity contribution is 7.89. The molecular formula is C19H18ClN3O5S2. The number of thiazole rings is 1. The number of amides is 1. The normalized spacial score (nSPS) is 14.7. The molecule has 1 aliphatic rings. The van der Waals surface area contributed by atoms with Crippen LogP contribution in [0.15, 0.2) is 45.2 Å². The van der Waals surface area contributed by atoms with Crippen molar-refractivity contribution in [3.8, 4) is 17.0 Å². The summed E-state index contributed by atoms with van der Waals surface area (Å²) < 4.78 is 36.9. The molecule has 0 bridgehead atoms. The minimum Gasteiger partial charge on any atom is -0.495 e. The van der Waals surface area contributed by atoms with Crippen molar-refractivity contribution in [3.63, 3.8) is 0 Å². The Bertz CT molecular complexity index is 1180. The minimum absolute atomic E-state index is 0.1000. The lowest BCUT2D eigenvalue weighted by Gasteiger charge is -2.12. The first-order chi connectivity index (χ1) is 14.4. The topological polar surface area (TPSA) is 102 Å². The average molecular weight is 468 g/mol. The fourth-order valence-corrected chi connectivity index (χ4v) is 5.49. The van der Waals surface area contributed by atoms with E-state index in [1.54, 1.807) is 17.5 Å². The van der Waals surface area contributed by atoms with Crippen molar-refractivity contribution in [2.45, 2.75) is 17.9 Å². The van der Waals surface area contributed by atoms with Gasteiger partial charge in [0, 0.05) is 24.0 Å². The van der Waals surface area contributed by atoms with Gasteiger partial charge in [-0.1, -0.05) is 11.6 Å². The van der Waals surface area contributed by atoms with Crippen molar-refractivity contribution in [1.29, 1.82) is 0 Å². The molecule has 1 aromatic carbocycles. The number of carbonyl (C=O) groups excluding carboxylic acids is 1. The van der Waals surface area contributed by atoms with E-state index in [-0.39, 0.29) is 10.9 Å². The van der Waals surface area contributed by atoms with Gasteiger partial charge in [0.25, 0.3) is 15.9 Å². The Hall–Kier alpha value is -2.40. The molecule has 0 spiro atoms. The van der Waals surface area contributed by atoms with E-state index in [1.165, 1.54) is 34.9 Å². The number of rotatable bonds is 6. The summed E-state index contributed by atoms with van der Waals surface area (Å²) in [4.78, 5) is 16.9. The van der Waals surface area contributed by atoms with E-state index in [1.807, 2.05) is 6.07 Å². The average Bonchev–Trinajstić information content (AvgIpc) is 3.49. The van der Waals surface area contributed by atoms with Gasteiger partial charge >= 0.3 is 0 Å². The van der Waals surface area contributed by atoms with E-state index in [0.29, 0.717) is 34.7 Å². The molecular weight excluding hydrogens is 450 g/mol. The summed E-state index contributed by atoms with van der Waals surface area (Å²) in [5.41, 5.74) is 1.41. The number of nitrogens with zero attached hydrogens (tertiary/aromatic N) is 2. The van der Waals surface area contributed by atoms with Crippen LogP contribution in [0.4, 0.5) is 5.13 Å². The highest BCUT2D eigenvalue weighted by Crippen LogP contribution is 2.32. The Labute approximate surface area is 182 Å². The predicted molar refractivity (Wildman–Crippen MR) is 114 cm³/mol. The summed E-state index contributed by atoms with van der Waals surface area (Å²) in [5, 5.41) is 4.98. The van der Waals surface area contributed by atoms with Crippen molar-refractivity contribution in [1.82, 2.24) is 9.29 Å². The molecule has 1 aliphatic heterocycles. The van der Waals surface area contributed by atoms with Gasteiger partial charge in [-0.25, -0.2) is 13.4 Å². The molecule has 0 unspecified atom stereocenters. The summed E-state index contributed by atoms with van der Waals surface area (Å²) >= 11 is 7.38. The third-order valence-electron chi connectivity index (χ3n) is 4.64. The van der Waals surface area contributed by atoms with Crippen LogP contribution in [-0.4, -0.2) is 43.8 Å². The molecule has 1 fully saturated rings. The Kier molecular flexibility index (Phi) is 5.83. The van der Waals surface area contributed by atoms with Gasteiger partial charge in [-0.05, 0) is 43.2 Å². The van der Waals surface area contributed by atoms with Gasteiger partial charge in [-0.15, -0.1) is 11.3 Å². The fraction of sp³-hybridized carbons (Fsp3) is 0.263. The molecule has 3 heterocycles. The van der Waals surface area contributed by atoms with Crippen molar-refractivity contribution in [2.75, 3.05) is 25.5 Å². The van der Waals surface area contributed by atoms with Crippen LogP contribution >= 0.6 is 22.9 Å². The van der Waals surface area contributed by atoms with E-state index < -0.39 is 15.9 Å². The summed E-state index contributed by atoms with van der Waals surface area (Å²) in [5.74, 6) is -0.120. The van der Waals surface area contributed by atoms with Gasteiger partial charge in [-0.2, -0.15) is 4.31 Å². The Morgan fingerprint density at radius 1 is 1.27 bits per heavy atom. The molecule has 1 amide bonds. The molecule has 4 rings (SSSR count). The quantitative estimate of drug-likeness (QED) is 0.585. The Morgan fingerprint density at radius 2 is 2.03 bits per heavy atom. The first-order valence-corrected chi connectivity index (χ1v) is 11.8. The monoisotopic (exact) mass is 467 g/mol. The van der Waals surface area contributed by atoms with Gasteiger partial charge in [0.05, 0.1) is 17.8 Å². The number of halogens is 1. The molecule has 30 heavy (non-hydrogen) atoms. The van der Waals surface area contributed by atoms with Crippen molar-refractivity contribution < 1.29 is 22.4 Å². The number of aromatic nitrogens is 1. The van der Waals surface area contributed by atoms with Crippen LogP contribution in [-0.2, 0) is 10.0 Å². The number of nitrogens with one attached hydrogen (secondary N) is 1. The smallest absolute Gasteiger partial charge is 0.293 e. The number of sulfonamides is 1. The Balaban J connectivity index is 1.48. The number of hydrogen-bond acceptors (Lipinski definition) is 7. The lowest BCUT2D eigenvalue weighted by molar-refractivity contribution is 0.0991.